The fourth-order valence-corrected chi connectivity index (χ4v) is 5.25. The highest BCUT2D eigenvalue weighted by molar-refractivity contribution is 7.99. The summed E-state index contributed by atoms with van der Waals surface area (Å²) in [5.41, 5.74) is 0.383. The third-order valence-corrected chi connectivity index (χ3v) is 6.65. The molecule has 0 radical (unpaired) electrons. The third-order valence-electron chi connectivity index (χ3n) is 5.64. The molecule has 3 saturated heterocycles. The molecule has 0 aromatic rings. The second kappa shape index (κ2) is 8.05. The molecule has 0 saturated carbocycles. The van der Waals surface area contributed by atoms with Crippen LogP contribution in [0.15, 0.2) is 0 Å². The van der Waals surface area contributed by atoms with Gasteiger partial charge in [-0.3, -0.25) is 9.59 Å². The van der Waals surface area contributed by atoms with Gasteiger partial charge in [-0.05, 0) is 36.6 Å². The summed E-state index contributed by atoms with van der Waals surface area (Å²) in [6.45, 7) is 10.1. The minimum absolute atomic E-state index is 0. The van der Waals surface area contributed by atoms with Crippen LogP contribution in [0.3, 0.4) is 0 Å². The Morgan fingerprint density at radius 2 is 1.88 bits per heavy atom. The Morgan fingerprint density at radius 3 is 2.44 bits per heavy atom. The third kappa shape index (κ3) is 4.83. The van der Waals surface area contributed by atoms with Gasteiger partial charge in [0.2, 0.25) is 11.8 Å². The van der Waals surface area contributed by atoms with Crippen LogP contribution in [0.5, 0.6) is 0 Å². The van der Waals surface area contributed by atoms with E-state index in [0.717, 1.165) is 44.8 Å². The van der Waals surface area contributed by atoms with E-state index >= 15 is 0 Å². The summed E-state index contributed by atoms with van der Waals surface area (Å²) in [4.78, 5) is 29.4. The lowest BCUT2D eigenvalue weighted by Crippen LogP contribution is -2.52. The van der Waals surface area contributed by atoms with E-state index in [1.165, 1.54) is 6.42 Å². The smallest absolute Gasteiger partial charge is 0.246 e. The number of hydrogen-bond acceptors (Lipinski definition) is 4. The molecule has 1 spiro atoms. The average molecular weight is 390 g/mol. The molecular formula is C18H32ClN3O2S. The molecule has 3 heterocycles. The van der Waals surface area contributed by atoms with Gasteiger partial charge >= 0.3 is 0 Å². The van der Waals surface area contributed by atoms with E-state index in [0.29, 0.717) is 17.7 Å². The Hall–Kier alpha value is -0.460. The summed E-state index contributed by atoms with van der Waals surface area (Å²) >= 11 is 1.70. The first-order valence-electron chi connectivity index (χ1n) is 9.17. The van der Waals surface area contributed by atoms with Gasteiger partial charge in [0.1, 0.15) is 6.04 Å². The minimum Gasteiger partial charge on any atom is -0.341 e. The average Bonchev–Trinajstić information content (AvgIpc) is 3.15. The van der Waals surface area contributed by atoms with Gasteiger partial charge in [0.05, 0.1) is 5.88 Å². The van der Waals surface area contributed by atoms with Gasteiger partial charge in [-0.25, -0.2) is 0 Å². The summed E-state index contributed by atoms with van der Waals surface area (Å²) in [6, 6.07) is -0.249. The van der Waals surface area contributed by atoms with E-state index in [1.54, 1.807) is 11.8 Å². The SMILES string of the molecule is CC(C)(C)CC(=O)N1CSCC1C(=O)N1CCC2(CCNC2)CC1.Cl. The molecule has 3 fully saturated rings. The monoisotopic (exact) mass is 389 g/mol. The number of rotatable bonds is 2. The number of halogens is 1. The number of thioether (sulfide) groups is 1. The number of hydrogen-bond donors (Lipinski definition) is 1. The lowest BCUT2D eigenvalue weighted by atomic mass is 9.78. The molecule has 25 heavy (non-hydrogen) atoms. The van der Waals surface area contributed by atoms with Crippen LogP contribution in [0.25, 0.3) is 0 Å². The van der Waals surface area contributed by atoms with Gasteiger partial charge < -0.3 is 15.1 Å². The van der Waals surface area contributed by atoms with Crippen molar-refractivity contribution in [2.45, 2.75) is 52.5 Å². The number of nitrogens with zero attached hydrogens (tertiary/aromatic N) is 2. The van der Waals surface area contributed by atoms with Gasteiger partial charge in [0.25, 0.3) is 0 Å². The predicted octanol–water partition coefficient (Wildman–Crippen LogP) is 2.35. The zero-order valence-corrected chi connectivity index (χ0v) is 17.3. The van der Waals surface area contributed by atoms with Crippen molar-refractivity contribution in [3.8, 4) is 0 Å². The normalized spacial score (nSPS) is 26.0. The Kier molecular flexibility index (Phi) is 6.71. The molecule has 5 nitrogen and oxygen atoms in total. The lowest BCUT2D eigenvalue weighted by Gasteiger charge is -2.40. The van der Waals surface area contributed by atoms with Crippen LogP contribution in [-0.4, -0.2) is 65.5 Å². The molecule has 144 valence electrons. The van der Waals surface area contributed by atoms with Crippen LogP contribution in [0, 0.1) is 10.8 Å². The Morgan fingerprint density at radius 1 is 1.20 bits per heavy atom. The highest BCUT2D eigenvalue weighted by atomic mass is 35.5. The molecule has 1 N–H and O–H groups in total. The molecule has 2 amide bonds. The molecule has 0 aromatic heterocycles. The maximum absolute atomic E-state index is 13.0. The van der Waals surface area contributed by atoms with Crippen LogP contribution >= 0.6 is 24.2 Å². The quantitative estimate of drug-likeness (QED) is 0.787. The van der Waals surface area contributed by atoms with Crippen LogP contribution < -0.4 is 5.32 Å². The second-order valence-electron chi connectivity index (χ2n) is 8.87. The minimum atomic E-state index is -0.249. The van der Waals surface area contributed by atoms with Crippen molar-refractivity contribution < 1.29 is 9.59 Å². The van der Waals surface area contributed by atoms with Gasteiger partial charge in [0, 0.05) is 31.8 Å². The number of amides is 2. The predicted molar refractivity (Wildman–Crippen MR) is 105 cm³/mol. The highest BCUT2D eigenvalue weighted by Gasteiger charge is 2.42. The number of carbonyl (C=O) groups is 2. The van der Waals surface area contributed by atoms with Crippen molar-refractivity contribution in [2.75, 3.05) is 37.8 Å². The first-order valence-corrected chi connectivity index (χ1v) is 10.3. The molecule has 7 heteroatoms. The zero-order valence-electron chi connectivity index (χ0n) is 15.7. The largest absolute Gasteiger partial charge is 0.341 e. The van der Waals surface area contributed by atoms with Gasteiger partial charge in [-0.2, -0.15) is 0 Å². The molecule has 3 aliphatic rings. The Balaban J connectivity index is 0.00000225. The maximum Gasteiger partial charge on any atom is 0.246 e. The van der Waals surface area contributed by atoms with Gasteiger partial charge in [-0.15, -0.1) is 24.2 Å². The number of nitrogens with one attached hydrogen (secondary N) is 1. The van der Waals surface area contributed by atoms with Gasteiger partial charge in [-0.1, -0.05) is 20.8 Å². The molecule has 0 aliphatic carbocycles. The zero-order chi connectivity index (χ0) is 17.4. The van der Waals surface area contributed by atoms with E-state index < -0.39 is 0 Å². The van der Waals surface area contributed by atoms with E-state index in [1.807, 2.05) is 9.80 Å². The topological polar surface area (TPSA) is 52.7 Å². The van der Waals surface area contributed by atoms with Crippen LogP contribution in [0.2, 0.25) is 0 Å². The van der Waals surface area contributed by atoms with Crippen molar-refractivity contribution in [2.24, 2.45) is 10.8 Å². The van der Waals surface area contributed by atoms with Crippen molar-refractivity contribution in [1.29, 1.82) is 0 Å². The summed E-state index contributed by atoms with van der Waals surface area (Å²) in [5, 5.41) is 3.47. The first-order chi connectivity index (χ1) is 11.3. The highest BCUT2D eigenvalue weighted by Crippen LogP contribution is 2.37. The molecule has 0 bridgehead atoms. The van der Waals surface area contributed by atoms with Gasteiger partial charge in [0.15, 0.2) is 0 Å². The van der Waals surface area contributed by atoms with E-state index in [2.05, 4.69) is 26.1 Å². The Bertz CT molecular complexity index is 493. The van der Waals surface area contributed by atoms with Crippen molar-refractivity contribution in [1.82, 2.24) is 15.1 Å². The second-order valence-corrected chi connectivity index (χ2v) is 9.87. The summed E-state index contributed by atoms with van der Waals surface area (Å²) in [6.07, 6.45) is 3.94. The first kappa shape index (κ1) is 20.8. The summed E-state index contributed by atoms with van der Waals surface area (Å²) in [5.74, 6) is 1.70. The van der Waals surface area contributed by atoms with Crippen molar-refractivity contribution in [3.05, 3.63) is 0 Å². The summed E-state index contributed by atoms with van der Waals surface area (Å²) in [7, 11) is 0. The molecular weight excluding hydrogens is 358 g/mol. The molecule has 1 atom stereocenters. The number of piperidine rings is 1. The molecule has 1 unspecified atom stereocenters. The van der Waals surface area contributed by atoms with Crippen molar-refractivity contribution >= 4 is 36.0 Å². The maximum atomic E-state index is 13.0. The standard InChI is InChI=1S/C18H31N3O2S.ClH/c1-17(2,3)10-15(22)21-13-24-11-14(21)16(23)20-8-5-18(6-9-20)4-7-19-12-18;/h14,19H,4-13H2,1-3H3;1H. The van der Waals surface area contributed by atoms with Crippen LogP contribution in [0.1, 0.15) is 46.5 Å². The fourth-order valence-electron chi connectivity index (χ4n) is 4.08. The number of carbonyl (C=O) groups excluding carboxylic acids is 2. The van der Waals surface area contributed by atoms with E-state index in [4.69, 9.17) is 0 Å². The number of likely N-dealkylation sites (tertiary alicyclic amines) is 1. The molecule has 3 rings (SSSR count). The lowest BCUT2D eigenvalue weighted by molar-refractivity contribution is -0.145. The van der Waals surface area contributed by atoms with Crippen molar-refractivity contribution in [3.63, 3.8) is 0 Å². The summed E-state index contributed by atoms with van der Waals surface area (Å²) < 4.78 is 0. The van der Waals surface area contributed by atoms with Crippen LogP contribution in [0.4, 0.5) is 0 Å². The fraction of sp³-hybridized carbons (Fsp3) is 0.889. The van der Waals surface area contributed by atoms with E-state index in [9.17, 15) is 9.59 Å². The molecule has 0 aromatic carbocycles. The Labute approximate surface area is 162 Å². The molecule has 3 aliphatic heterocycles. The van der Waals surface area contributed by atoms with E-state index in [-0.39, 0.29) is 35.7 Å². The van der Waals surface area contributed by atoms with Crippen LogP contribution in [-0.2, 0) is 9.59 Å².